The van der Waals surface area contributed by atoms with Gasteiger partial charge in [0.15, 0.2) is 5.78 Å². The van der Waals surface area contributed by atoms with Crippen molar-refractivity contribution in [3.8, 4) is 0 Å². The summed E-state index contributed by atoms with van der Waals surface area (Å²) in [6.07, 6.45) is 1.17. The van der Waals surface area contributed by atoms with Crippen molar-refractivity contribution in [2.24, 2.45) is 5.92 Å². The predicted octanol–water partition coefficient (Wildman–Crippen LogP) is 3.89. The Balaban J connectivity index is 2.96. The van der Waals surface area contributed by atoms with Gasteiger partial charge in [-0.1, -0.05) is 20.3 Å². The average Bonchev–Trinajstić information content (AvgIpc) is 2.23. The Kier molecular flexibility index (Phi) is 4.16. The second-order valence-electron chi connectivity index (χ2n) is 4.22. The first-order valence-corrected chi connectivity index (χ1v) is 5.44. The minimum Gasteiger partial charge on any atom is -0.294 e. The molecule has 88 valence electrons. The average molecular weight is 226 g/mol. The molecule has 1 rings (SSSR count). The van der Waals surface area contributed by atoms with Crippen molar-refractivity contribution < 1.29 is 13.6 Å². The van der Waals surface area contributed by atoms with Crippen LogP contribution in [-0.4, -0.2) is 5.78 Å². The summed E-state index contributed by atoms with van der Waals surface area (Å²) in [4.78, 5) is 11.7. The van der Waals surface area contributed by atoms with Crippen molar-refractivity contribution in [1.29, 1.82) is 0 Å². The number of hydrogen-bond acceptors (Lipinski definition) is 1. The van der Waals surface area contributed by atoms with Crippen LogP contribution in [0, 0.1) is 24.5 Å². The normalized spacial score (nSPS) is 12.6. The van der Waals surface area contributed by atoms with Crippen molar-refractivity contribution in [2.75, 3.05) is 0 Å². The van der Waals surface area contributed by atoms with E-state index in [1.165, 1.54) is 13.0 Å². The van der Waals surface area contributed by atoms with Gasteiger partial charge in [0, 0.05) is 12.5 Å². The minimum absolute atomic E-state index is 0.000741. The molecule has 0 aromatic heterocycles. The molecule has 0 fully saturated rings. The molecular formula is C13H16F2O. The Morgan fingerprint density at radius 2 is 1.94 bits per heavy atom. The number of aryl methyl sites for hydroxylation is 1. The third kappa shape index (κ3) is 2.87. The van der Waals surface area contributed by atoms with Crippen LogP contribution in [0.15, 0.2) is 12.1 Å². The molecule has 0 aliphatic heterocycles. The third-order valence-electron chi connectivity index (χ3n) is 2.78. The van der Waals surface area contributed by atoms with Crippen LogP contribution in [0.4, 0.5) is 8.78 Å². The van der Waals surface area contributed by atoms with Gasteiger partial charge in [-0.3, -0.25) is 4.79 Å². The molecule has 1 nitrogen and oxygen atoms in total. The summed E-state index contributed by atoms with van der Waals surface area (Å²) in [5.74, 6) is -1.42. The van der Waals surface area contributed by atoms with E-state index in [2.05, 4.69) is 0 Å². The summed E-state index contributed by atoms with van der Waals surface area (Å²) in [6.45, 7) is 5.44. The van der Waals surface area contributed by atoms with Gasteiger partial charge in [-0.15, -0.1) is 0 Å². The lowest BCUT2D eigenvalue weighted by Crippen LogP contribution is -2.08. The molecule has 0 bridgehead atoms. The molecule has 1 aromatic carbocycles. The summed E-state index contributed by atoms with van der Waals surface area (Å²) in [7, 11) is 0. The van der Waals surface area contributed by atoms with Gasteiger partial charge in [0.1, 0.15) is 11.6 Å². The van der Waals surface area contributed by atoms with Crippen molar-refractivity contribution in [2.45, 2.75) is 33.6 Å². The first-order chi connectivity index (χ1) is 7.45. The number of carbonyl (C=O) groups is 1. The zero-order valence-corrected chi connectivity index (χ0v) is 9.81. The molecule has 0 heterocycles. The fourth-order valence-corrected chi connectivity index (χ4v) is 1.44. The van der Waals surface area contributed by atoms with E-state index < -0.39 is 11.6 Å². The molecule has 0 spiro atoms. The predicted molar refractivity (Wildman–Crippen MR) is 59.5 cm³/mol. The van der Waals surface area contributed by atoms with Gasteiger partial charge in [0.25, 0.3) is 0 Å². The molecule has 16 heavy (non-hydrogen) atoms. The second-order valence-corrected chi connectivity index (χ2v) is 4.22. The number of carbonyl (C=O) groups excluding carboxylic acids is 1. The molecule has 0 saturated carbocycles. The number of halogens is 2. The van der Waals surface area contributed by atoms with Gasteiger partial charge >= 0.3 is 0 Å². The number of ketones is 1. The Labute approximate surface area is 94.5 Å². The maximum atomic E-state index is 13.4. The number of rotatable bonds is 4. The van der Waals surface area contributed by atoms with Gasteiger partial charge in [-0.2, -0.15) is 0 Å². The summed E-state index contributed by atoms with van der Waals surface area (Å²) in [5, 5.41) is 0. The fraction of sp³-hybridized carbons (Fsp3) is 0.462. The van der Waals surface area contributed by atoms with E-state index in [4.69, 9.17) is 0 Å². The van der Waals surface area contributed by atoms with Crippen molar-refractivity contribution in [3.63, 3.8) is 0 Å². The highest BCUT2D eigenvalue weighted by Gasteiger charge is 2.16. The fourth-order valence-electron chi connectivity index (χ4n) is 1.44. The Hall–Kier alpha value is -1.25. The van der Waals surface area contributed by atoms with Gasteiger partial charge in [0.05, 0.1) is 5.56 Å². The maximum absolute atomic E-state index is 13.4. The molecule has 3 heteroatoms. The highest BCUT2D eigenvalue weighted by molar-refractivity contribution is 5.96. The van der Waals surface area contributed by atoms with E-state index in [-0.39, 0.29) is 17.3 Å². The van der Waals surface area contributed by atoms with Crippen LogP contribution in [-0.2, 0) is 0 Å². The Bertz CT molecular complexity index is 399. The largest absolute Gasteiger partial charge is 0.294 e. The van der Waals surface area contributed by atoms with Crippen LogP contribution >= 0.6 is 0 Å². The Morgan fingerprint density at radius 1 is 1.31 bits per heavy atom. The Morgan fingerprint density at radius 3 is 2.50 bits per heavy atom. The maximum Gasteiger partial charge on any atom is 0.166 e. The van der Waals surface area contributed by atoms with E-state index in [1.54, 1.807) is 0 Å². The van der Waals surface area contributed by atoms with E-state index >= 15 is 0 Å². The smallest absolute Gasteiger partial charge is 0.166 e. The van der Waals surface area contributed by atoms with E-state index in [0.717, 1.165) is 12.5 Å². The number of Topliss-reactive ketones (excluding diaryl/α,β-unsaturated/α-hetero) is 1. The summed E-state index contributed by atoms with van der Waals surface area (Å²) in [5.41, 5.74) is 0.299. The zero-order valence-electron chi connectivity index (χ0n) is 9.81. The molecule has 0 saturated heterocycles. The topological polar surface area (TPSA) is 17.1 Å². The molecule has 0 radical (unpaired) electrons. The lowest BCUT2D eigenvalue weighted by molar-refractivity contribution is 0.0959. The quantitative estimate of drug-likeness (QED) is 0.712. The van der Waals surface area contributed by atoms with Crippen LogP contribution in [0.3, 0.4) is 0 Å². The van der Waals surface area contributed by atoms with Crippen LogP contribution in [0.2, 0.25) is 0 Å². The van der Waals surface area contributed by atoms with E-state index in [0.29, 0.717) is 12.0 Å². The van der Waals surface area contributed by atoms with Crippen LogP contribution < -0.4 is 0 Å². The van der Waals surface area contributed by atoms with E-state index in [9.17, 15) is 13.6 Å². The molecule has 1 aromatic rings. The molecule has 0 aliphatic carbocycles. The standard InChI is InChI=1S/C13H16F2O/c1-4-8(2)5-13(16)10-6-9(3)11(14)7-12(10)15/h6-8H,4-5H2,1-3H3. The van der Waals surface area contributed by atoms with Crippen molar-refractivity contribution >= 4 is 5.78 Å². The molecule has 0 N–H and O–H groups in total. The van der Waals surface area contributed by atoms with Gasteiger partial charge in [0.2, 0.25) is 0 Å². The number of hydrogen-bond donors (Lipinski definition) is 0. The lowest BCUT2D eigenvalue weighted by Gasteiger charge is -2.09. The van der Waals surface area contributed by atoms with Crippen molar-refractivity contribution in [1.82, 2.24) is 0 Å². The van der Waals surface area contributed by atoms with Gasteiger partial charge in [-0.05, 0) is 24.5 Å². The van der Waals surface area contributed by atoms with Crippen LogP contribution in [0.5, 0.6) is 0 Å². The van der Waals surface area contributed by atoms with Crippen LogP contribution in [0.1, 0.15) is 42.6 Å². The summed E-state index contributed by atoms with van der Waals surface area (Å²) in [6, 6.07) is 2.06. The first-order valence-electron chi connectivity index (χ1n) is 5.44. The number of benzene rings is 1. The monoisotopic (exact) mass is 226 g/mol. The highest BCUT2D eigenvalue weighted by Crippen LogP contribution is 2.18. The van der Waals surface area contributed by atoms with Crippen molar-refractivity contribution in [3.05, 3.63) is 34.9 Å². The molecule has 1 unspecified atom stereocenters. The highest BCUT2D eigenvalue weighted by atomic mass is 19.1. The third-order valence-corrected chi connectivity index (χ3v) is 2.78. The van der Waals surface area contributed by atoms with Gasteiger partial charge in [-0.25, -0.2) is 8.78 Å². The summed E-state index contributed by atoms with van der Waals surface area (Å²) < 4.78 is 26.4. The van der Waals surface area contributed by atoms with E-state index in [1.807, 2.05) is 13.8 Å². The van der Waals surface area contributed by atoms with Gasteiger partial charge < -0.3 is 0 Å². The minimum atomic E-state index is -0.767. The lowest BCUT2D eigenvalue weighted by atomic mass is 9.96. The summed E-state index contributed by atoms with van der Waals surface area (Å²) >= 11 is 0. The molecule has 0 amide bonds. The molecule has 0 aliphatic rings. The SMILES string of the molecule is CCC(C)CC(=O)c1cc(C)c(F)cc1F. The zero-order chi connectivity index (χ0) is 12.3. The van der Waals surface area contributed by atoms with Crippen LogP contribution in [0.25, 0.3) is 0 Å². The second kappa shape index (κ2) is 5.19. The molecule has 1 atom stereocenters. The molecular weight excluding hydrogens is 210 g/mol. The first kappa shape index (κ1) is 12.8.